The molecule has 0 spiro atoms. The summed E-state index contributed by atoms with van der Waals surface area (Å²) < 4.78 is 2.07. The molecule has 2 aromatic rings. The Morgan fingerprint density at radius 2 is 2.13 bits per heavy atom. The zero-order chi connectivity index (χ0) is 10.4. The van der Waals surface area contributed by atoms with Gasteiger partial charge >= 0.3 is 0 Å². The molecule has 0 amide bonds. The van der Waals surface area contributed by atoms with Crippen LogP contribution in [0.4, 0.5) is 0 Å². The number of pyridine rings is 1. The van der Waals surface area contributed by atoms with Crippen LogP contribution in [0, 0.1) is 0 Å². The lowest BCUT2D eigenvalue weighted by atomic mass is 9.85. The van der Waals surface area contributed by atoms with Crippen molar-refractivity contribution < 1.29 is 0 Å². The molecular formula is C11H12ClN3. The van der Waals surface area contributed by atoms with Crippen molar-refractivity contribution in [3.05, 3.63) is 23.1 Å². The van der Waals surface area contributed by atoms with Crippen molar-refractivity contribution in [3.8, 4) is 0 Å². The molecule has 1 fully saturated rings. The number of aryl methyl sites for hydroxylation is 1. The van der Waals surface area contributed by atoms with E-state index < -0.39 is 0 Å². The molecule has 15 heavy (non-hydrogen) atoms. The van der Waals surface area contributed by atoms with E-state index in [2.05, 4.69) is 14.5 Å². The van der Waals surface area contributed by atoms with E-state index in [0.29, 0.717) is 11.1 Å². The summed E-state index contributed by atoms with van der Waals surface area (Å²) in [4.78, 5) is 8.92. The highest BCUT2D eigenvalue weighted by atomic mass is 35.5. The maximum absolute atomic E-state index is 5.88. The zero-order valence-corrected chi connectivity index (χ0v) is 9.33. The van der Waals surface area contributed by atoms with Gasteiger partial charge in [-0.2, -0.15) is 0 Å². The van der Waals surface area contributed by atoms with E-state index >= 15 is 0 Å². The Labute approximate surface area is 93.1 Å². The van der Waals surface area contributed by atoms with E-state index in [9.17, 15) is 0 Å². The van der Waals surface area contributed by atoms with E-state index in [1.807, 2.05) is 13.1 Å². The average Bonchev–Trinajstić information content (AvgIpc) is 2.43. The van der Waals surface area contributed by atoms with Crippen LogP contribution in [0.15, 0.2) is 12.1 Å². The van der Waals surface area contributed by atoms with Crippen molar-refractivity contribution in [2.75, 3.05) is 0 Å². The minimum absolute atomic E-state index is 0.533. The fourth-order valence-electron chi connectivity index (χ4n) is 2.09. The van der Waals surface area contributed by atoms with Crippen molar-refractivity contribution in [1.82, 2.24) is 14.5 Å². The molecule has 1 aliphatic carbocycles. The number of imidazole rings is 1. The van der Waals surface area contributed by atoms with Crippen LogP contribution >= 0.6 is 11.6 Å². The summed E-state index contributed by atoms with van der Waals surface area (Å²) in [6, 6.07) is 3.73. The zero-order valence-electron chi connectivity index (χ0n) is 8.57. The average molecular weight is 222 g/mol. The SMILES string of the molecule is Cn1c(C2CCC2)nc2ccc(Cl)nc21. The van der Waals surface area contributed by atoms with Gasteiger partial charge < -0.3 is 4.57 Å². The topological polar surface area (TPSA) is 30.7 Å². The second kappa shape index (κ2) is 3.20. The van der Waals surface area contributed by atoms with Crippen LogP contribution in [0.2, 0.25) is 5.15 Å². The van der Waals surface area contributed by atoms with Crippen LogP contribution in [-0.2, 0) is 7.05 Å². The van der Waals surface area contributed by atoms with Crippen molar-refractivity contribution in [2.45, 2.75) is 25.2 Å². The molecule has 3 rings (SSSR count). The maximum Gasteiger partial charge on any atom is 0.161 e. The van der Waals surface area contributed by atoms with E-state index in [1.165, 1.54) is 19.3 Å². The fourth-order valence-corrected chi connectivity index (χ4v) is 2.23. The Balaban J connectivity index is 2.19. The highest BCUT2D eigenvalue weighted by molar-refractivity contribution is 6.29. The standard InChI is InChI=1S/C11H12ClN3/c1-15-10(7-3-2-4-7)13-8-5-6-9(12)14-11(8)15/h5-7H,2-4H2,1H3. The van der Waals surface area contributed by atoms with Gasteiger partial charge in [-0.05, 0) is 25.0 Å². The number of nitrogens with zero attached hydrogens (tertiary/aromatic N) is 3. The van der Waals surface area contributed by atoms with Crippen molar-refractivity contribution in [3.63, 3.8) is 0 Å². The summed E-state index contributed by atoms with van der Waals surface area (Å²) in [5, 5.41) is 0.533. The third kappa shape index (κ3) is 1.34. The van der Waals surface area contributed by atoms with Gasteiger partial charge in [0.15, 0.2) is 5.65 Å². The van der Waals surface area contributed by atoms with Crippen LogP contribution < -0.4 is 0 Å². The van der Waals surface area contributed by atoms with Crippen molar-refractivity contribution in [2.24, 2.45) is 7.05 Å². The quantitative estimate of drug-likeness (QED) is 0.694. The number of hydrogen-bond donors (Lipinski definition) is 0. The Morgan fingerprint density at radius 3 is 2.80 bits per heavy atom. The molecule has 0 aliphatic heterocycles. The van der Waals surface area contributed by atoms with E-state index in [-0.39, 0.29) is 0 Å². The van der Waals surface area contributed by atoms with Gasteiger partial charge in [0.2, 0.25) is 0 Å². The summed E-state index contributed by atoms with van der Waals surface area (Å²) in [7, 11) is 2.02. The van der Waals surface area contributed by atoms with Gasteiger partial charge in [-0.25, -0.2) is 9.97 Å². The van der Waals surface area contributed by atoms with Crippen LogP contribution in [-0.4, -0.2) is 14.5 Å². The molecule has 0 bridgehead atoms. The first kappa shape index (κ1) is 9.16. The van der Waals surface area contributed by atoms with Crippen molar-refractivity contribution >= 4 is 22.8 Å². The molecule has 4 heteroatoms. The largest absolute Gasteiger partial charge is 0.316 e. The predicted molar refractivity (Wildman–Crippen MR) is 60.1 cm³/mol. The molecule has 0 saturated heterocycles. The van der Waals surface area contributed by atoms with Crippen molar-refractivity contribution in [1.29, 1.82) is 0 Å². The molecule has 2 aromatic heterocycles. The Kier molecular flexibility index (Phi) is 1.96. The fraction of sp³-hybridized carbons (Fsp3) is 0.455. The maximum atomic E-state index is 5.88. The normalized spacial score (nSPS) is 16.9. The van der Waals surface area contributed by atoms with Gasteiger partial charge in [-0.1, -0.05) is 18.0 Å². The number of hydrogen-bond acceptors (Lipinski definition) is 2. The molecule has 78 valence electrons. The molecule has 3 nitrogen and oxygen atoms in total. The molecule has 0 aromatic carbocycles. The first-order valence-electron chi connectivity index (χ1n) is 5.24. The smallest absolute Gasteiger partial charge is 0.161 e. The first-order valence-corrected chi connectivity index (χ1v) is 5.62. The summed E-state index contributed by atoms with van der Waals surface area (Å²) in [5.41, 5.74) is 1.84. The predicted octanol–water partition coefficient (Wildman–Crippen LogP) is 2.89. The molecule has 0 radical (unpaired) electrons. The molecule has 0 atom stereocenters. The number of halogens is 1. The lowest BCUT2D eigenvalue weighted by Crippen LogP contribution is -2.13. The Morgan fingerprint density at radius 1 is 1.33 bits per heavy atom. The van der Waals surface area contributed by atoms with Gasteiger partial charge in [-0.3, -0.25) is 0 Å². The second-order valence-corrected chi connectivity index (χ2v) is 4.52. The van der Waals surface area contributed by atoms with Crippen LogP contribution in [0.25, 0.3) is 11.2 Å². The third-order valence-corrected chi connectivity index (χ3v) is 3.40. The monoisotopic (exact) mass is 221 g/mol. The van der Waals surface area contributed by atoms with Gasteiger partial charge in [0.05, 0.1) is 0 Å². The highest BCUT2D eigenvalue weighted by Crippen LogP contribution is 2.36. The van der Waals surface area contributed by atoms with Gasteiger partial charge in [-0.15, -0.1) is 0 Å². The molecule has 1 aliphatic rings. The Bertz CT molecular complexity index is 514. The highest BCUT2D eigenvalue weighted by Gasteiger charge is 2.24. The van der Waals surface area contributed by atoms with Crippen LogP contribution in [0.5, 0.6) is 0 Å². The molecule has 1 saturated carbocycles. The van der Waals surface area contributed by atoms with Gasteiger partial charge in [0.1, 0.15) is 16.5 Å². The van der Waals surface area contributed by atoms with E-state index in [1.54, 1.807) is 6.07 Å². The third-order valence-electron chi connectivity index (χ3n) is 3.19. The second-order valence-electron chi connectivity index (χ2n) is 4.13. The summed E-state index contributed by atoms with van der Waals surface area (Å²) >= 11 is 5.88. The lowest BCUT2D eigenvalue weighted by Gasteiger charge is -2.24. The number of rotatable bonds is 1. The van der Waals surface area contributed by atoms with E-state index in [4.69, 9.17) is 11.6 Å². The molecule has 2 heterocycles. The molecule has 0 N–H and O–H groups in total. The minimum Gasteiger partial charge on any atom is -0.316 e. The molecular weight excluding hydrogens is 210 g/mol. The summed E-state index contributed by atoms with van der Waals surface area (Å²) in [6.07, 6.45) is 3.83. The first-order chi connectivity index (χ1) is 7.25. The van der Waals surface area contributed by atoms with E-state index in [0.717, 1.165) is 17.0 Å². The Hall–Kier alpha value is -1.09. The lowest BCUT2D eigenvalue weighted by molar-refractivity contribution is 0.394. The van der Waals surface area contributed by atoms with Crippen LogP contribution in [0.3, 0.4) is 0 Å². The van der Waals surface area contributed by atoms with Gasteiger partial charge in [0, 0.05) is 13.0 Å². The van der Waals surface area contributed by atoms with Crippen LogP contribution in [0.1, 0.15) is 31.0 Å². The number of aromatic nitrogens is 3. The van der Waals surface area contributed by atoms with Gasteiger partial charge in [0.25, 0.3) is 0 Å². The summed E-state index contributed by atoms with van der Waals surface area (Å²) in [5.74, 6) is 1.79. The summed E-state index contributed by atoms with van der Waals surface area (Å²) in [6.45, 7) is 0. The molecule has 0 unspecified atom stereocenters. The minimum atomic E-state index is 0.533. The number of fused-ring (bicyclic) bond motifs is 1.